The third-order valence-corrected chi connectivity index (χ3v) is 4.76. The standard InChI is InChI=1S/C16H24BrNO2/c1-12(20)13-7-8-16(15(17)11-13)18(9-10-19)14-5-3-2-4-6-14/h7-8,11-12,14,19-20H,2-6,9-10H2,1H3/t12-/m1/s1. The van der Waals surface area contributed by atoms with Gasteiger partial charge in [0.2, 0.25) is 0 Å². The fourth-order valence-corrected chi connectivity index (χ4v) is 3.64. The molecular weight excluding hydrogens is 318 g/mol. The van der Waals surface area contributed by atoms with E-state index in [0.29, 0.717) is 12.6 Å². The fraction of sp³-hybridized carbons (Fsp3) is 0.625. The number of nitrogens with zero attached hydrogens (tertiary/aromatic N) is 1. The Labute approximate surface area is 129 Å². The van der Waals surface area contributed by atoms with Crippen LogP contribution in [0.4, 0.5) is 5.69 Å². The molecule has 0 aliphatic heterocycles. The van der Waals surface area contributed by atoms with Crippen LogP contribution in [-0.2, 0) is 0 Å². The minimum Gasteiger partial charge on any atom is -0.395 e. The lowest BCUT2D eigenvalue weighted by molar-refractivity contribution is 0.199. The van der Waals surface area contributed by atoms with Gasteiger partial charge >= 0.3 is 0 Å². The molecular formula is C16H24BrNO2. The third kappa shape index (κ3) is 3.74. The van der Waals surface area contributed by atoms with Gasteiger partial charge in [-0.05, 0) is 53.4 Å². The minimum absolute atomic E-state index is 0.168. The number of anilines is 1. The molecule has 0 bridgehead atoms. The van der Waals surface area contributed by atoms with Crippen molar-refractivity contribution >= 4 is 21.6 Å². The second-order valence-corrected chi connectivity index (χ2v) is 6.45. The van der Waals surface area contributed by atoms with Crippen molar-refractivity contribution in [1.29, 1.82) is 0 Å². The van der Waals surface area contributed by atoms with Gasteiger partial charge in [0, 0.05) is 17.1 Å². The largest absolute Gasteiger partial charge is 0.395 e. The Balaban J connectivity index is 2.24. The van der Waals surface area contributed by atoms with E-state index < -0.39 is 6.10 Å². The molecule has 2 rings (SSSR count). The van der Waals surface area contributed by atoms with Gasteiger partial charge in [0.15, 0.2) is 0 Å². The van der Waals surface area contributed by atoms with Gasteiger partial charge in [-0.2, -0.15) is 0 Å². The minimum atomic E-state index is -0.457. The van der Waals surface area contributed by atoms with Crippen LogP contribution >= 0.6 is 15.9 Å². The number of hydrogen-bond donors (Lipinski definition) is 2. The summed E-state index contributed by atoms with van der Waals surface area (Å²) < 4.78 is 0.995. The van der Waals surface area contributed by atoms with Crippen LogP contribution in [0.25, 0.3) is 0 Å². The molecule has 1 aliphatic rings. The normalized spacial score (nSPS) is 18.0. The van der Waals surface area contributed by atoms with Crippen molar-refractivity contribution < 1.29 is 10.2 Å². The second-order valence-electron chi connectivity index (χ2n) is 5.60. The van der Waals surface area contributed by atoms with E-state index in [2.05, 4.69) is 26.9 Å². The SMILES string of the molecule is C[C@@H](O)c1ccc(N(CCO)C2CCCCC2)c(Br)c1. The molecule has 4 heteroatoms. The smallest absolute Gasteiger partial charge is 0.0762 e. The summed E-state index contributed by atoms with van der Waals surface area (Å²) in [6, 6.07) is 6.52. The Bertz CT molecular complexity index is 430. The van der Waals surface area contributed by atoms with E-state index >= 15 is 0 Å². The van der Waals surface area contributed by atoms with Crippen molar-refractivity contribution in [3.8, 4) is 0 Å². The van der Waals surface area contributed by atoms with E-state index in [-0.39, 0.29) is 6.61 Å². The summed E-state index contributed by atoms with van der Waals surface area (Å²) in [6.45, 7) is 2.60. The van der Waals surface area contributed by atoms with Gasteiger partial charge in [-0.3, -0.25) is 0 Å². The first-order chi connectivity index (χ1) is 9.63. The number of hydrogen-bond acceptors (Lipinski definition) is 3. The first-order valence-electron chi connectivity index (χ1n) is 7.48. The lowest BCUT2D eigenvalue weighted by Gasteiger charge is -2.36. The molecule has 0 amide bonds. The molecule has 2 N–H and O–H groups in total. The number of aliphatic hydroxyl groups excluding tert-OH is 2. The van der Waals surface area contributed by atoms with Crippen LogP contribution in [0.2, 0.25) is 0 Å². The van der Waals surface area contributed by atoms with Crippen LogP contribution in [-0.4, -0.2) is 29.4 Å². The molecule has 1 aromatic carbocycles. The molecule has 20 heavy (non-hydrogen) atoms. The number of aliphatic hydroxyl groups is 2. The Morgan fingerprint density at radius 3 is 2.55 bits per heavy atom. The van der Waals surface area contributed by atoms with Crippen LogP contribution in [0, 0.1) is 0 Å². The number of halogens is 1. The lowest BCUT2D eigenvalue weighted by Crippen LogP contribution is -2.39. The highest BCUT2D eigenvalue weighted by Crippen LogP contribution is 2.34. The van der Waals surface area contributed by atoms with Crippen molar-refractivity contribution in [3.05, 3.63) is 28.2 Å². The Kier molecular flexibility index (Phi) is 5.87. The molecule has 1 aromatic rings. The molecule has 0 saturated heterocycles. The lowest BCUT2D eigenvalue weighted by atomic mass is 9.93. The van der Waals surface area contributed by atoms with Crippen LogP contribution in [0.1, 0.15) is 50.7 Å². The zero-order chi connectivity index (χ0) is 14.5. The number of rotatable bonds is 5. The Hall–Kier alpha value is -0.580. The van der Waals surface area contributed by atoms with Crippen molar-refractivity contribution in [2.45, 2.75) is 51.2 Å². The molecule has 1 saturated carbocycles. The van der Waals surface area contributed by atoms with Crippen LogP contribution in [0.5, 0.6) is 0 Å². The van der Waals surface area contributed by atoms with E-state index in [1.807, 2.05) is 12.1 Å². The molecule has 1 atom stereocenters. The summed E-state index contributed by atoms with van der Waals surface area (Å²) >= 11 is 3.62. The van der Waals surface area contributed by atoms with E-state index in [4.69, 9.17) is 0 Å². The topological polar surface area (TPSA) is 43.7 Å². The molecule has 3 nitrogen and oxygen atoms in total. The predicted octanol–water partition coefficient (Wildman–Crippen LogP) is 3.63. The van der Waals surface area contributed by atoms with E-state index in [9.17, 15) is 10.2 Å². The average Bonchev–Trinajstić information content (AvgIpc) is 2.46. The van der Waals surface area contributed by atoms with Crippen molar-refractivity contribution in [2.24, 2.45) is 0 Å². The van der Waals surface area contributed by atoms with Crippen LogP contribution in [0.15, 0.2) is 22.7 Å². The Morgan fingerprint density at radius 2 is 2.00 bits per heavy atom. The molecule has 0 aromatic heterocycles. The molecule has 0 radical (unpaired) electrons. The van der Waals surface area contributed by atoms with E-state index in [0.717, 1.165) is 15.7 Å². The zero-order valence-corrected chi connectivity index (χ0v) is 13.6. The van der Waals surface area contributed by atoms with Gasteiger partial charge in [-0.25, -0.2) is 0 Å². The monoisotopic (exact) mass is 341 g/mol. The summed E-state index contributed by atoms with van der Waals surface area (Å²) in [7, 11) is 0. The van der Waals surface area contributed by atoms with Gasteiger partial charge in [0.05, 0.1) is 18.4 Å². The third-order valence-electron chi connectivity index (χ3n) is 4.12. The molecule has 0 spiro atoms. The summed E-state index contributed by atoms with van der Waals surface area (Å²) in [4.78, 5) is 2.31. The average molecular weight is 342 g/mol. The predicted molar refractivity (Wildman–Crippen MR) is 86.1 cm³/mol. The molecule has 112 valence electrons. The first-order valence-corrected chi connectivity index (χ1v) is 8.27. The van der Waals surface area contributed by atoms with Crippen LogP contribution < -0.4 is 4.90 Å². The molecule has 0 unspecified atom stereocenters. The molecule has 0 heterocycles. The summed E-state index contributed by atoms with van der Waals surface area (Å²) in [5, 5.41) is 19.0. The maximum absolute atomic E-state index is 9.66. The summed E-state index contributed by atoms with van der Waals surface area (Å²) in [6.07, 6.45) is 5.81. The van der Waals surface area contributed by atoms with E-state index in [1.54, 1.807) is 6.92 Å². The maximum atomic E-state index is 9.66. The number of benzene rings is 1. The quantitative estimate of drug-likeness (QED) is 0.859. The van der Waals surface area contributed by atoms with Gasteiger partial charge in [-0.1, -0.05) is 25.3 Å². The summed E-state index contributed by atoms with van der Waals surface area (Å²) in [5.74, 6) is 0. The zero-order valence-electron chi connectivity index (χ0n) is 12.1. The van der Waals surface area contributed by atoms with Crippen molar-refractivity contribution in [1.82, 2.24) is 0 Å². The van der Waals surface area contributed by atoms with Crippen molar-refractivity contribution in [3.63, 3.8) is 0 Å². The highest BCUT2D eigenvalue weighted by molar-refractivity contribution is 9.10. The molecule has 1 aliphatic carbocycles. The second kappa shape index (κ2) is 7.43. The maximum Gasteiger partial charge on any atom is 0.0762 e. The van der Waals surface area contributed by atoms with Gasteiger partial charge in [-0.15, -0.1) is 0 Å². The highest BCUT2D eigenvalue weighted by atomic mass is 79.9. The first kappa shape index (κ1) is 15.8. The van der Waals surface area contributed by atoms with Gasteiger partial charge in [0.1, 0.15) is 0 Å². The fourth-order valence-electron chi connectivity index (χ4n) is 3.02. The van der Waals surface area contributed by atoms with Gasteiger partial charge in [0.25, 0.3) is 0 Å². The van der Waals surface area contributed by atoms with Gasteiger partial charge < -0.3 is 15.1 Å². The van der Waals surface area contributed by atoms with Crippen molar-refractivity contribution in [2.75, 3.05) is 18.1 Å². The Morgan fingerprint density at radius 1 is 1.30 bits per heavy atom. The van der Waals surface area contributed by atoms with E-state index in [1.165, 1.54) is 32.1 Å². The highest BCUT2D eigenvalue weighted by Gasteiger charge is 2.22. The molecule has 1 fully saturated rings. The summed E-state index contributed by atoms with van der Waals surface area (Å²) in [5.41, 5.74) is 2.03. The van der Waals surface area contributed by atoms with Crippen LogP contribution in [0.3, 0.4) is 0 Å².